The van der Waals surface area contributed by atoms with Gasteiger partial charge in [-0.05, 0) is 56.2 Å². The molecule has 1 aliphatic heterocycles. The fourth-order valence-corrected chi connectivity index (χ4v) is 3.78. The molecule has 2 amide bonds. The molecular formula is C22H27N3O2. The van der Waals surface area contributed by atoms with Crippen molar-refractivity contribution in [2.75, 3.05) is 35.8 Å². The van der Waals surface area contributed by atoms with E-state index in [1.165, 1.54) is 5.56 Å². The monoisotopic (exact) mass is 365 g/mol. The fourth-order valence-electron chi connectivity index (χ4n) is 3.78. The molecule has 0 aromatic heterocycles. The third-order valence-electron chi connectivity index (χ3n) is 5.05. The van der Waals surface area contributed by atoms with Gasteiger partial charge in [0.2, 0.25) is 11.8 Å². The third-order valence-corrected chi connectivity index (χ3v) is 5.05. The quantitative estimate of drug-likeness (QED) is 0.899. The highest BCUT2D eigenvalue weighted by Crippen LogP contribution is 2.32. The molecule has 142 valence electrons. The highest BCUT2D eigenvalue weighted by molar-refractivity contribution is 6.04. The van der Waals surface area contributed by atoms with Gasteiger partial charge in [0.25, 0.3) is 0 Å². The van der Waals surface area contributed by atoms with Crippen molar-refractivity contribution in [3.63, 3.8) is 0 Å². The molecule has 1 fully saturated rings. The van der Waals surface area contributed by atoms with Gasteiger partial charge >= 0.3 is 0 Å². The highest BCUT2D eigenvalue weighted by Gasteiger charge is 2.36. The summed E-state index contributed by atoms with van der Waals surface area (Å²) >= 11 is 0. The largest absolute Gasteiger partial charge is 0.378 e. The molecule has 0 bridgehead atoms. The van der Waals surface area contributed by atoms with E-state index in [0.717, 1.165) is 28.2 Å². The second kappa shape index (κ2) is 7.43. The van der Waals surface area contributed by atoms with Crippen LogP contribution in [0.3, 0.4) is 0 Å². The first-order chi connectivity index (χ1) is 12.8. The van der Waals surface area contributed by atoms with Gasteiger partial charge in [0.15, 0.2) is 0 Å². The van der Waals surface area contributed by atoms with Gasteiger partial charge in [0.05, 0.1) is 5.92 Å². The van der Waals surface area contributed by atoms with Crippen LogP contribution in [0.15, 0.2) is 36.4 Å². The van der Waals surface area contributed by atoms with Crippen molar-refractivity contribution in [2.24, 2.45) is 5.92 Å². The van der Waals surface area contributed by atoms with Crippen LogP contribution >= 0.6 is 0 Å². The van der Waals surface area contributed by atoms with Crippen LogP contribution in [0, 0.1) is 26.7 Å². The molecule has 1 heterocycles. The van der Waals surface area contributed by atoms with E-state index in [1.807, 2.05) is 64.0 Å². The molecule has 1 N–H and O–H groups in total. The number of nitrogens with one attached hydrogen (secondary N) is 1. The summed E-state index contributed by atoms with van der Waals surface area (Å²) < 4.78 is 0. The second-order valence-corrected chi connectivity index (χ2v) is 7.58. The zero-order chi connectivity index (χ0) is 19.7. The Labute approximate surface area is 161 Å². The summed E-state index contributed by atoms with van der Waals surface area (Å²) in [6.07, 6.45) is 0.244. The van der Waals surface area contributed by atoms with Gasteiger partial charge < -0.3 is 15.1 Å². The Bertz CT molecular complexity index is 849. The maximum absolute atomic E-state index is 12.7. The maximum atomic E-state index is 12.7. The van der Waals surface area contributed by atoms with Gasteiger partial charge in [-0.25, -0.2) is 0 Å². The van der Waals surface area contributed by atoms with Crippen LogP contribution in [0.4, 0.5) is 17.1 Å². The maximum Gasteiger partial charge on any atom is 0.229 e. The topological polar surface area (TPSA) is 52.7 Å². The Kier molecular flexibility index (Phi) is 5.22. The lowest BCUT2D eigenvalue weighted by atomic mass is 10.0. The van der Waals surface area contributed by atoms with Crippen molar-refractivity contribution < 1.29 is 9.59 Å². The first-order valence-electron chi connectivity index (χ1n) is 9.22. The second-order valence-electron chi connectivity index (χ2n) is 7.58. The number of aryl methyl sites for hydroxylation is 3. The molecule has 3 rings (SSSR count). The lowest BCUT2D eigenvalue weighted by molar-refractivity contribution is -0.122. The lowest BCUT2D eigenvalue weighted by Crippen LogP contribution is -2.29. The summed E-state index contributed by atoms with van der Waals surface area (Å²) in [7, 11) is 3.95. The predicted octanol–water partition coefficient (Wildman–Crippen LogP) is 3.67. The van der Waals surface area contributed by atoms with Crippen LogP contribution in [0.25, 0.3) is 0 Å². The standard InChI is InChI=1S/C22H27N3O2/c1-14-10-15(2)21(16(3)11-14)25-13-17(12-20(25)26)22(27)23-18-6-8-19(9-7-18)24(4)5/h6-11,17H,12-13H2,1-5H3,(H,23,27). The van der Waals surface area contributed by atoms with Gasteiger partial charge in [-0.1, -0.05) is 17.7 Å². The minimum absolute atomic E-state index is 0.00755. The van der Waals surface area contributed by atoms with Crippen LogP contribution in [0.1, 0.15) is 23.1 Å². The van der Waals surface area contributed by atoms with Crippen molar-refractivity contribution in [3.8, 4) is 0 Å². The van der Waals surface area contributed by atoms with Gasteiger partial charge in [-0.2, -0.15) is 0 Å². The molecule has 5 heteroatoms. The number of benzene rings is 2. The molecule has 1 atom stereocenters. The molecule has 0 spiro atoms. The van der Waals surface area contributed by atoms with Crippen LogP contribution in [0.5, 0.6) is 0 Å². The van der Waals surface area contributed by atoms with Gasteiger partial charge in [-0.3, -0.25) is 9.59 Å². The Morgan fingerprint density at radius 2 is 1.67 bits per heavy atom. The zero-order valence-corrected chi connectivity index (χ0v) is 16.7. The van der Waals surface area contributed by atoms with E-state index in [4.69, 9.17) is 0 Å². The van der Waals surface area contributed by atoms with Crippen LogP contribution in [0.2, 0.25) is 0 Å². The minimum atomic E-state index is -0.342. The molecule has 2 aromatic rings. The van der Waals surface area contributed by atoms with Crippen molar-refractivity contribution in [2.45, 2.75) is 27.2 Å². The number of rotatable bonds is 4. The first-order valence-corrected chi connectivity index (χ1v) is 9.22. The average molecular weight is 365 g/mol. The summed E-state index contributed by atoms with van der Waals surface area (Å²) in [6.45, 7) is 6.50. The first kappa shape index (κ1) is 19.0. The van der Waals surface area contributed by atoms with E-state index < -0.39 is 0 Å². The Morgan fingerprint density at radius 1 is 1.07 bits per heavy atom. The number of nitrogens with zero attached hydrogens (tertiary/aromatic N) is 2. The molecule has 2 aromatic carbocycles. The third kappa shape index (κ3) is 3.97. The Hall–Kier alpha value is -2.82. The van der Waals surface area contributed by atoms with E-state index in [1.54, 1.807) is 4.90 Å². The fraction of sp³-hybridized carbons (Fsp3) is 0.364. The molecule has 1 aliphatic rings. The van der Waals surface area contributed by atoms with Gasteiger partial charge in [-0.15, -0.1) is 0 Å². The van der Waals surface area contributed by atoms with E-state index in [0.29, 0.717) is 6.54 Å². The van der Waals surface area contributed by atoms with Crippen molar-refractivity contribution in [1.29, 1.82) is 0 Å². The molecular weight excluding hydrogens is 338 g/mol. The number of hydrogen-bond acceptors (Lipinski definition) is 3. The summed E-state index contributed by atoms with van der Waals surface area (Å²) in [5, 5.41) is 2.94. The summed E-state index contributed by atoms with van der Waals surface area (Å²) in [4.78, 5) is 29.0. The average Bonchev–Trinajstić information content (AvgIpc) is 2.96. The van der Waals surface area contributed by atoms with Gasteiger partial charge in [0, 0.05) is 44.1 Å². The zero-order valence-electron chi connectivity index (χ0n) is 16.7. The van der Waals surface area contributed by atoms with Crippen molar-refractivity contribution in [3.05, 3.63) is 53.1 Å². The SMILES string of the molecule is Cc1cc(C)c(N2CC(C(=O)Nc3ccc(N(C)C)cc3)CC2=O)c(C)c1. The number of anilines is 3. The molecule has 0 aliphatic carbocycles. The summed E-state index contributed by atoms with van der Waals surface area (Å²) in [5.74, 6) is -0.440. The predicted molar refractivity (Wildman–Crippen MR) is 111 cm³/mol. The van der Waals surface area contributed by atoms with Crippen LogP contribution < -0.4 is 15.1 Å². The highest BCUT2D eigenvalue weighted by atomic mass is 16.2. The van der Waals surface area contributed by atoms with Crippen LogP contribution in [-0.4, -0.2) is 32.5 Å². The van der Waals surface area contributed by atoms with Crippen molar-refractivity contribution >= 4 is 28.9 Å². The van der Waals surface area contributed by atoms with E-state index in [9.17, 15) is 9.59 Å². The number of amides is 2. The van der Waals surface area contributed by atoms with E-state index in [-0.39, 0.29) is 24.2 Å². The molecule has 0 radical (unpaired) electrons. The molecule has 1 unspecified atom stereocenters. The Balaban J connectivity index is 1.72. The molecule has 1 saturated heterocycles. The number of carbonyl (C=O) groups excluding carboxylic acids is 2. The van der Waals surface area contributed by atoms with Crippen molar-refractivity contribution in [1.82, 2.24) is 0 Å². The lowest BCUT2D eigenvalue weighted by Gasteiger charge is -2.22. The van der Waals surface area contributed by atoms with Gasteiger partial charge in [0.1, 0.15) is 0 Å². The summed E-state index contributed by atoms with van der Waals surface area (Å²) in [5.41, 5.74) is 6.08. The van der Waals surface area contributed by atoms with Crippen LogP contribution in [-0.2, 0) is 9.59 Å². The smallest absolute Gasteiger partial charge is 0.229 e. The van der Waals surface area contributed by atoms with E-state index >= 15 is 0 Å². The Morgan fingerprint density at radius 3 is 2.22 bits per heavy atom. The number of hydrogen-bond donors (Lipinski definition) is 1. The summed E-state index contributed by atoms with van der Waals surface area (Å²) in [6, 6.07) is 11.8. The number of carbonyl (C=O) groups is 2. The molecule has 5 nitrogen and oxygen atoms in total. The minimum Gasteiger partial charge on any atom is -0.378 e. The molecule has 27 heavy (non-hydrogen) atoms. The van der Waals surface area contributed by atoms with E-state index in [2.05, 4.69) is 17.4 Å². The normalized spacial score (nSPS) is 16.6. The molecule has 0 saturated carbocycles.